The van der Waals surface area contributed by atoms with Gasteiger partial charge in [-0.1, -0.05) is 36.4 Å². The van der Waals surface area contributed by atoms with Crippen LogP contribution in [0.5, 0.6) is 5.75 Å². The van der Waals surface area contributed by atoms with Crippen LogP contribution in [-0.4, -0.2) is 21.3 Å². The molecular weight excluding hydrogens is 304 g/mol. The molecule has 0 unspecified atom stereocenters. The third kappa shape index (κ3) is 2.72. The zero-order valence-corrected chi connectivity index (χ0v) is 13.4. The van der Waals surface area contributed by atoms with Crippen LogP contribution >= 0.6 is 0 Å². The summed E-state index contributed by atoms with van der Waals surface area (Å²) in [4.78, 5) is 11.8. The van der Waals surface area contributed by atoms with Crippen LogP contribution in [0.15, 0.2) is 54.6 Å². The Morgan fingerprint density at radius 3 is 2.25 bits per heavy atom. The summed E-state index contributed by atoms with van der Waals surface area (Å²) in [6.07, 6.45) is 0. The number of hydrogen-bond acceptors (Lipinski definition) is 3. The third-order valence-electron chi connectivity index (χ3n) is 4.03. The van der Waals surface area contributed by atoms with Crippen LogP contribution in [-0.2, 0) is 5.60 Å². The Labute approximate surface area is 139 Å². The molecule has 0 amide bonds. The molecule has 0 saturated carbocycles. The van der Waals surface area contributed by atoms with Crippen molar-refractivity contribution in [2.45, 2.75) is 19.4 Å². The first-order chi connectivity index (χ1) is 11.3. The predicted octanol–water partition coefficient (Wildman–Crippen LogP) is 4.14. The lowest BCUT2D eigenvalue weighted by molar-refractivity contribution is 0.0633. The Kier molecular flexibility index (Phi) is 3.78. The number of benzene rings is 3. The molecule has 0 aromatic heterocycles. The third-order valence-corrected chi connectivity index (χ3v) is 4.03. The first-order valence-corrected chi connectivity index (χ1v) is 7.60. The van der Waals surface area contributed by atoms with E-state index in [9.17, 15) is 20.1 Å². The highest BCUT2D eigenvalue weighted by molar-refractivity contribution is 6.06. The van der Waals surface area contributed by atoms with Crippen molar-refractivity contribution >= 4 is 16.7 Å². The van der Waals surface area contributed by atoms with Gasteiger partial charge in [-0.3, -0.25) is 0 Å². The number of phenols is 1. The molecule has 0 heterocycles. The van der Waals surface area contributed by atoms with Crippen molar-refractivity contribution in [3.05, 3.63) is 65.7 Å². The average Bonchev–Trinajstić information content (AvgIpc) is 2.52. The fourth-order valence-corrected chi connectivity index (χ4v) is 3.10. The minimum Gasteiger partial charge on any atom is -0.508 e. The first-order valence-electron chi connectivity index (χ1n) is 7.60. The lowest BCUT2D eigenvalue weighted by Crippen LogP contribution is -2.21. The first kappa shape index (κ1) is 16.0. The number of hydrogen-bond donors (Lipinski definition) is 3. The summed E-state index contributed by atoms with van der Waals surface area (Å²) in [5.41, 5.74) is 0.524. The second-order valence-electron chi connectivity index (χ2n) is 6.31. The van der Waals surface area contributed by atoms with Gasteiger partial charge < -0.3 is 15.3 Å². The van der Waals surface area contributed by atoms with Gasteiger partial charge in [-0.2, -0.15) is 0 Å². The number of rotatable bonds is 3. The molecular formula is C20H18O4. The van der Waals surface area contributed by atoms with Crippen LogP contribution in [0, 0.1) is 0 Å². The molecule has 122 valence electrons. The van der Waals surface area contributed by atoms with E-state index in [0.717, 1.165) is 10.9 Å². The molecule has 0 aliphatic carbocycles. The van der Waals surface area contributed by atoms with Crippen LogP contribution in [0.1, 0.15) is 29.8 Å². The summed E-state index contributed by atoms with van der Waals surface area (Å²) in [5, 5.41) is 31.5. The van der Waals surface area contributed by atoms with Gasteiger partial charge in [0.15, 0.2) is 0 Å². The van der Waals surface area contributed by atoms with Crippen molar-refractivity contribution < 1.29 is 20.1 Å². The van der Waals surface area contributed by atoms with Gasteiger partial charge in [0.25, 0.3) is 0 Å². The van der Waals surface area contributed by atoms with Crippen LogP contribution in [0.4, 0.5) is 0 Å². The number of phenolic OH excluding ortho intramolecular Hbond substituents is 1. The number of aromatic carboxylic acids is 1. The molecule has 3 rings (SSSR count). The van der Waals surface area contributed by atoms with Gasteiger partial charge in [0.05, 0.1) is 11.2 Å². The summed E-state index contributed by atoms with van der Waals surface area (Å²) in [5.74, 6) is -1.05. The summed E-state index contributed by atoms with van der Waals surface area (Å²) in [7, 11) is 0. The quantitative estimate of drug-likeness (QED) is 0.677. The Morgan fingerprint density at radius 1 is 1.00 bits per heavy atom. The SMILES string of the molecule is CC(C)(O)c1c(C(=O)O)cc2cc(O)ccc2c1-c1ccccc1. The summed E-state index contributed by atoms with van der Waals surface area (Å²) in [6, 6.07) is 15.7. The van der Waals surface area contributed by atoms with Crippen LogP contribution in [0.25, 0.3) is 21.9 Å². The predicted molar refractivity (Wildman–Crippen MR) is 93.3 cm³/mol. The maximum atomic E-state index is 11.8. The van der Waals surface area contributed by atoms with E-state index in [4.69, 9.17) is 0 Å². The highest BCUT2D eigenvalue weighted by atomic mass is 16.4. The number of aromatic hydroxyl groups is 1. The van der Waals surface area contributed by atoms with E-state index in [0.29, 0.717) is 16.5 Å². The minimum absolute atomic E-state index is 0.0273. The van der Waals surface area contributed by atoms with E-state index in [1.165, 1.54) is 12.1 Å². The van der Waals surface area contributed by atoms with Gasteiger partial charge in [-0.15, -0.1) is 0 Å². The Morgan fingerprint density at radius 2 is 1.67 bits per heavy atom. The number of carboxylic acid groups (broad SMARTS) is 1. The molecule has 0 atom stereocenters. The Bertz CT molecular complexity index is 922. The fourth-order valence-electron chi connectivity index (χ4n) is 3.10. The molecule has 24 heavy (non-hydrogen) atoms. The van der Waals surface area contributed by atoms with Crippen molar-refractivity contribution in [1.29, 1.82) is 0 Å². The topological polar surface area (TPSA) is 77.8 Å². The summed E-state index contributed by atoms with van der Waals surface area (Å²) in [6.45, 7) is 3.15. The molecule has 0 aliphatic heterocycles. The lowest BCUT2D eigenvalue weighted by atomic mass is 9.82. The van der Waals surface area contributed by atoms with Gasteiger partial charge in [-0.05, 0) is 53.9 Å². The molecule has 0 aliphatic rings. The summed E-state index contributed by atoms with van der Waals surface area (Å²) < 4.78 is 0. The van der Waals surface area contributed by atoms with E-state index in [2.05, 4.69) is 0 Å². The zero-order valence-electron chi connectivity index (χ0n) is 13.4. The fraction of sp³-hybridized carbons (Fsp3) is 0.150. The average molecular weight is 322 g/mol. The molecule has 3 N–H and O–H groups in total. The van der Waals surface area contributed by atoms with Crippen molar-refractivity contribution in [3.8, 4) is 16.9 Å². The van der Waals surface area contributed by atoms with E-state index < -0.39 is 11.6 Å². The molecule has 0 spiro atoms. The van der Waals surface area contributed by atoms with E-state index in [1.807, 2.05) is 30.3 Å². The van der Waals surface area contributed by atoms with Gasteiger partial charge in [0, 0.05) is 5.56 Å². The van der Waals surface area contributed by atoms with Gasteiger partial charge >= 0.3 is 5.97 Å². The molecule has 0 saturated heterocycles. The number of fused-ring (bicyclic) bond motifs is 1. The second-order valence-corrected chi connectivity index (χ2v) is 6.31. The van der Waals surface area contributed by atoms with Crippen LogP contribution in [0.3, 0.4) is 0 Å². The Balaban J connectivity index is 2.55. The van der Waals surface area contributed by atoms with Gasteiger partial charge in [0.2, 0.25) is 0 Å². The van der Waals surface area contributed by atoms with Crippen molar-refractivity contribution in [2.24, 2.45) is 0 Å². The maximum Gasteiger partial charge on any atom is 0.336 e. The standard InChI is InChI=1S/C20H18O4/c1-20(2,24)18-16(19(22)23)11-13-10-14(21)8-9-15(13)17(18)12-6-4-3-5-7-12/h3-11,21,24H,1-2H3,(H,22,23). The molecule has 3 aromatic rings. The number of carboxylic acids is 1. The highest BCUT2D eigenvalue weighted by Crippen LogP contribution is 2.40. The lowest BCUT2D eigenvalue weighted by Gasteiger charge is -2.26. The van der Waals surface area contributed by atoms with E-state index in [-0.39, 0.29) is 11.3 Å². The van der Waals surface area contributed by atoms with Gasteiger partial charge in [0.1, 0.15) is 5.75 Å². The zero-order chi connectivity index (χ0) is 17.5. The Hall–Kier alpha value is -2.85. The van der Waals surface area contributed by atoms with Crippen LogP contribution in [0.2, 0.25) is 0 Å². The highest BCUT2D eigenvalue weighted by Gasteiger charge is 2.29. The van der Waals surface area contributed by atoms with Crippen LogP contribution < -0.4 is 0 Å². The summed E-state index contributed by atoms with van der Waals surface area (Å²) >= 11 is 0. The minimum atomic E-state index is -1.34. The monoisotopic (exact) mass is 322 g/mol. The van der Waals surface area contributed by atoms with Crippen molar-refractivity contribution in [1.82, 2.24) is 0 Å². The molecule has 0 fully saturated rings. The molecule has 0 radical (unpaired) electrons. The van der Waals surface area contributed by atoms with Gasteiger partial charge in [-0.25, -0.2) is 4.79 Å². The molecule has 0 bridgehead atoms. The van der Waals surface area contributed by atoms with E-state index in [1.54, 1.807) is 26.0 Å². The molecule has 3 aromatic carbocycles. The molecule has 4 nitrogen and oxygen atoms in total. The molecule has 4 heteroatoms. The van der Waals surface area contributed by atoms with Crippen molar-refractivity contribution in [3.63, 3.8) is 0 Å². The normalized spacial score (nSPS) is 11.6. The van der Waals surface area contributed by atoms with E-state index >= 15 is 0 Å². The second kappa shape index (κ2) is 5.65. The smallest absolute Gasteiger partial charge is 0.336 e. The number of carbonyl (C=O) groups is 1. The maximum absolute atomic E-state index is 11.8. The number of aliphatic hydroxyl groups is 1. The van der Waals surface area contributed by atoms with Crippen molar-refractivity contribution in [2.75, 3.05) is 0 Å². The largest absolute Gasteiger partial charge is 0.508 e.